The molecule has 0 spiro atoms. The molecule has 4 heterocycles. The number of rotatable bonds is 5. The molecule has 1 fully saturated rings. The van der Waals surface area contributed by atoms with Gasteiger partial charge in [0.05, 0.1) is 41.3 Å². The molecule has 0 unspecified atom stereocenters. The number of piperidine rings is 1. The molecular formula is C24H23F4N7O2. The lowest BCUT2D eigenvalue weighted by Crippen LogP contribution is -2.43. The van der Waals surface area contributed by atoms with Gasteiger partial charge in [-0.1, -0.05) is 12.1 Å². The van der Waals surface area contributed by atoms with E-state index in [-0.39, 0.29) is 46.6 Å². The van der Waals surface area contributed by atoms with Crippen LogP contribution in [0.1, 0.15) is 24.0 Å². The Bertz CT molecular complexity index is 1410. The number of nitrogens with one attached hydrogen (secondary N) is 2. The van der Waals surface area contributed by atoms with E-state index in [9.17, 15) is 22.4 Å². The lowest BCUT2D eigenvalue weighted by molar-refractivity contribution is -0.137. The van der Waals surface area contributed by atoms with Gasteiger partial charge in [0.15, 0.2) is 5.75 Å². The van der Waals surface area contributed by atoms with Crippen molar-refractivity contribution < 1.29 is 27.1 Å². The minimum Gasteiger partial charge on any atom is -0.407 e. The zero-order valence-electron chi connectivity index (χ0n) is 19.4. The topological polar surface area (TPSA) is 114 Å². The first-order valence-electron chi connectivity index (χ1n) is 11.5. The van der Waals surface area contributed by atoms with Gasteiger partial charge in [0.2, 0.25) is 0 Å². The predicted molar refractivity (Wildman–Crippen MR) is 128 cm³/mol. The van der Waals surface area contributed by atoms with Gasteiger partial charge in [-0.05, 0) is 30.5 Å². The van der Waals surface area contributed by atoms with Gasteiger partial charge in [-0.3, -0.25) is 10.00 Å². The van der Waals surface area contributed by atoms with Crippen molar-refractivity contribution in [2.75, 3.05) is 23.3 Å². The molecule has 1 atom stereocenters. The van der Waals surface area contributed by atoms with Gasteiger partial charge >= 0.3 is 12.3 Å². The summed E-state index contributed by atoms with van der Waals surface area (Å²) >= 11 is 0. The van der Waals surface area contributed by atoms with Crippen LogP contribution in [0.25, 0.3) is 11.0 Å². The highest BCUT2D eigenvalue weighted by atomic mass is 19.4. The summed E-state index contributed by atoms with van der Waals surface area (Å²) in [5.41, 5.74) is 6.11. The van der Waals surface area contributed by atoms with Crippen LogP contribution in [-0.2, 0) is 12.7 Å². The standard InChI is InChI=1S/C24H23F4N7O2/c25-15-5-3-14(4-6-15)11-35-13-17(8-32-35)37-23(36)33-19-10-31-22-20(19)21(18(9-30-22)24(26,27)28)34-7-1-2-16(29)12-34/h3-6,8-10,13,16H,1-2,7,11-12,29H2,(H,30,31)(H,33,36)/t16-/m1/s1. The summed E-state index contributed by atoms with van der Waals surface area (Å²) in [6.07, 6.45) is 0.721. The number of aromatic nitrogens is 4. The first-order chi connectivity index (χ1) is 17.7. The van der Waals surface area contributed by atoms with Gasteiger partial charge in [-0.25, -0.2) is 14.2 Å². The number of benzene rings is 1. The van der Waals surface area contributed by atoms with E-state index in [0.29, 0.717) is 25.9 Å². The lowest BCUT2D eigenvalue weighted by atomic mass is 10.0. The van der Waals surface area contributed by atoms with Crippen molar-refractivity contribution in [3.05, 3.63) is 66.0 Å². The largest absolute Gasteiger partial charge is 0.419 e. The summed E-state index contributed by atoms with van der Waals surface area (Å²) in [4.78, 5) is 21.0. The van der Waals surface area contributed by atoms with Crippen molar-refractivity contribution in [2.24, 2.45) is 5.73 Å². The number of hydrogen-bond acceptors (Lipinski definition) is 6. The number of H-pyrrole nitrogens is 1. The highest BCUT2D eigenvalue weighted by molar-refractivity contribution is 6.06. The van der Waals surface area contributed by atoms with Crippen molar-refractivity contribution in [1.29, 1.82) is 0 Å². The van der Waals surface area contributed by atoms with Gasteiger partial charge in [0, 0.05) is 31.5 Å². The minimum absolute atomic E-state index is 0.0867. The molecule has 3 aromatic heterocycles. The van der Waals surface area contributed by atoms with Crippen molar-refractivity contribution in [3.8, 4) is 5.75 Å². The third kappa shape index (κ3) is 5.35. The number of carbonyl (C=O) groups is 1. The molecule has 1 aliphatic rings. The second-order valence-corrected chi connectivity index (χ2v) is 8.81. The Labute approximate surface area is 208 Å². The van der Waals surface area contributed by atoms with Crippen molar-refractivity contribution in [2.45, 2.75) is 31.6 Å². The molecule has 0 bridgehead atoms. The maximum absolute atomic E-state index is 13.9. The van der Waals surface area contributed by atoms with E-state index in [0.717, 1.165) is 11.8 Å². The summed E-state index contributed by atoms with van der Waals surface area (Å²) in [6.45, 7) is 0.948. The van der Waals surface area contributed by atoms with E-state index >= 15 is 0 Å². The Hall–Kier alpha value is -4.13. The number of carbonyl (C=O) groups excluding carboxylic acids is 1. The minimum atomic E-state index is -4.66. The van der Waals surface area contributed by atoms with Gasteiger partial charge < -0.3 is 20.4 Å². The number of ether oxygens (including phenoxy) is 1. The molecule has 0 saturated carbocycles. The molecule has 1 amide bonds. The summed E-state index contributed by atoms with van der Waals surface area (Å²) < 4.78 is 61.7. The third-order valence-corrected chi connectivity index (χ3v) is 6.07. The summed E-state index contributed by atoms with van der Waals surface area (Å²) in [5.74, 6) is -0.234. The number of amides is 1. The van der Waals surface area contributed by atoms with E-state index in [1.807, 2.05) is 0 Å². The van der Waals surface area contributed by atoms with Crippen LogP contribution in [0.5, 0.6) is 5.75 Å². The van der Waals surface area contributed by atoms with Crippen LogP contribution in [0.2, 0.25) is 0 Å². The molecule has 4 N–H and O–H groups in total. The van der Waals surface area contributed by atoms with Crippen molar-refractivity contribution >= 4 is 28.5 Å². The number of fused-ring (bicyclic) bond motifs is 1. The van der Waals surface area contributed by atoms with Gasteiger partial charge in [-0.15, -0.1) is 0 Å². The zero-order valence-corrected chi connectivity index (χ0v) is 19.4. The summed E-state index contributed by atoms with van der Waals surface area (Å²) in [6, 6.07) is 5.60. The Morgan fingerprint density at radius 1 is 1.24 bits per heavy atom. The van der Waals surface area contributed by atoms with Crippen molar-refractivity contribution in [1.82, 2.24) is 19.7 Å². The molecule has 4 aromatic rings. The number of hydrogen-bond donors (Lipinski definition) is 3. The predicted octanol–water partition coefficient (Wildman–Crippen LogP) is 4.50. The molecule has 5 rings (SSSR count). The molecule has 37 heavy (non-hydrogen) atoms. The number of alkyl halides is 3. The van der Waals surface area contributed by atoms with Gasteiger partial charge in [0.1, 0.15) is 11.5 Å². The number of halogens is 4. The summed E-state index contributed by atoms with van der Waals surface area (Å²) in [5, 5.41) is 6.74. The first kappa shape index (κ1) is 24.6. The van der Waals surface area contributed by atoms with Crippen LogP contribution in [0.15, 0.2) is 49.1 Å². The average molecular weight is 517 g/mol. The van der Waals surface area contributed by atoms with E-state index < -0.39 is 17.8 Å². The third-order valence-electron chi connectivity index (χ3n) is 6.07. The SMILES string of the molecule is N[C@@H]1CCCN(c2c(C(F)(F)F)cnc3[nH]cc(NC(=O)Oc4cnn(Cc5ccc(F)cc5)c4)c23)C1. The molecule has 0 aliphatic carbocycles. The normalized spacial score (nSPS) is 16.2. The zero-order chi connectivity index (χ0) is 26.2. The van der Waals surface area contributed by atoms with E-state index in [2.05, 4.69) is 20.4 Å². The van der Waals surface area contributed by atoms with Crippen molar-refractivity contribution in [3.63, 3.8) is 0 Å². The summed E-state index contributed by atoms with van der Waals surface area (Å²) in [7, 11) is 0. The molecule has 0 radical (unpaired) electrons. The molecule has 1 saturated heterocycles. The monoisotopic (exact) mass is 517 g/mol. The van der Waals surface area contributed by atoms with Gasteiger partial charge in [0.25, 0.3) is 0 Å². The van der Waals surface area contributed by atoms with Crippen LogP contribution in [-0.4, -0.2) is 45.0 Å². The Morgan fingerprint density at radius 2 is 2.03 bits per heavy atom. The van der Waals surface area contributed by atoms with Gasteiger partial charge in [-0.2, -0.15) is 18.3 Å². The fourth-order valence-corrected chi connectivity index (χ4v) is 4.43. The highest BCUT2D eigenvalue weighted by Gasteiger charge is 2.38. The quantitative estimate of drug-likeness (QED) is 0.336. The second-order valence-electron chi connectivity index (χ2n) is 8.81. The first-order valence-corrected chi connectivity index (χ1v) is 11.5. The smallest absolute Gasteiger partial charge is 0.407 e. The van der Waals surface area contributed by atoms with Crippen LogP contribution < -0.4 is 20.7 Å². The van der Waals surface area contributed by atoms with Crippen LogP contribution in [0.3, 0.4) is 0 Å². The molecule has 1 aliphatic heterocycles. The fraction of sp³-hybridized carbons (Fsp3) is 0.292. The number of anilines is 2. The van der Waals surface area contributed by atoms with Crippen LogP contribution >= 0.6 is 0 Å². The fourth-order valence-electron chi connectivity index (χ4n) is 4.43. The molecule has 9 nitrogen and oxygen atoms in total. The number of nitrogens with two attached hydrogens (primary N) is 1. The Kier molecular flexibility index (Phi) is 6.46. The molecule has 13 heteroatoms. The maximum Gasteiger partial charge on any atom is 0.419 e. The Balaban J connectivity index is 1.38. The van der Waals surface area contributed by atoms with Crippen LogP contribution in [0, 0.1) is 5.82 Å². The van der Waals surface area contributed by atoms with E-state index in [1.165, 1.54) is 35.4 Å². The molecule has 1 aromatic carbocycles. The lowest BCUT2D eigenvalue weighted by Gasteiger charge is -2.34. The number of nitrogens with zero attached hydrogens (tertiary/aromatic N) is 4. The molecular weight excluding hydrogens is 494 g/mol. The Morgan fingerprint density at radius 3 is 2.76 bits per heavy atom. The average Bonchev–Trinajstić information content (AvgIpc) is 3.46. The van der Waals surface area contributed by atoms with E-state index in [1.54, 1.807) is 17.0 Å². The second kappa shape index (κ2) is 9.73. The maximum atomic E-state index is 13.9. The molecule has 194 valence electrons. The number of aromatic amines is 1. The highest BCUT2D eigenvalue weighted by Crippen LogP contribution is 2.43. The number of pyridine rings is 1. The van der Waals surface area contributed by atoms with E-state index in [4.69, 9.17) is 10.5 Å². The van der Waals surface area contributed by atoms with Crippen LogP contribution in [0.4, 0.5) is 33.7 Å².